The maximum atomic E-state index is 13.4. The molecular weight excluding hydrogens is 205 g/mol. The third kappa shape index (κ3) is 2.06. The van der Waals surface area contributed by atoms with E-state index < -0.39 is 0 Å². The van der Waals surface area contributed by atoms with Crippen LogP contribution in [0, 0.1) is 5.82 Å². The van der Waals surface area contributed by atoms with Gasteiger partial charge < -0.3 is 16.8 Å². The first-order valence-corrected chi connectivity index (χ1v) is 4.83. The van der Waals surface area contributed by atoms with E-state index in [1.54, 1.807) is 36.4 Å². The second kappa shape index (κ2) is 4.10. The Bertz CT molecular complexity index is 511. The molecule has 2 aromatic carbocycles. The van der Waals surface area contributed by atoms with E-state index in [-0.39, 0.29) is 5.82 Å². The van der Waals surface area contributed by atoms with Crippen LogP contribution < -0.4 is 16.8 Å². The van der Waals surface area contributed by atoms with Crippen molar-refractivity contribution in [1.29, 1.82) is 0 Å². The second-order valence-corrected chi connectivity index (χ2v) is 3.45. The molecule has 0 amide bonds. The first-order valence-electron chi connectivity index (χ1n) is 4.83. The number of para-hydroxylation sites is 1. The molecule has 2 aromatic rings. The SMILES string of the molecule is Nc1ccc(Nc2ccccc2F)c(N)c1. The van der Waals surface area contributed by atoms with Crippen molar-refractivity contribution < 1.29 is 4.39 Å². The van der Waals surface area contributed by atoms with Gasteiger partial charge in [-0.15, -0.1) is 0 Å². The summed E-state index contributed by atoms with van der Waals surface area (Å²) in [5.41, 5.74) is 13.4. The van der Waals surface area contributed by atoms with Crippen LogP contribution in [-0.4, -0.2) is 0 Å². The fourth-order valence-corrected chi connectivity index (χ4v) is 1.40. The minimum Gasteiger partial charge on any atom is -0.399 e. The highest BCUT2D eigenvalue weighted by Crippen LogP contribution is 2.26. The van der Waals surface area contributed by atoms with Gasteiger partial charge in [0.05, 0.1) is 17.1 Å². The Morgan fingerprint density at radius 3 is 2.38 bits per heavy atom. The molecule has 0 atom stereocenters. The van der Waals surface area contributed by atoms with Gasteiger partial charge in [0.15, 0.2) is 0 Å². The average Bonchev–Trinajstić information content (AvgIpc) is 2.25. The molecule has 3 nitrogen and oxygen atoms in total. The van der Waals surface area contributed by atoms with Gasteiger partial charge in [-0.1, -0.05) is 12.1 Å². The van der Waals surface area contributed by atoms with Gasteiger partial charge in [0.1, 0.15) is 5.82 Å². The van der Waals surface area contributed by atoms with E-state index in [1.807, 2.05) is 0 Å². The van der Waals surface area contributed by atoms with Crippen molar-refractivity contribution in [2.45, 2.75) is 0 Å². The summed E-state index contributed by atoms with van der Waals surface area (Å²) in [5, 5.41) is 2.91. The van der Waals surface area contributed by atoms with E-state index in [0.717, 1.165) is 0 Å². The first kappa shape index (κ1) is 10.3. The lowest BCUT2D eigenvalue weighted by Gasteiger charge is -2.10. The summed E-state index contributed by atoms with van der Waals surface area (Å²) >= 11 is 0. The highest BCUT2D eigenvalue weighted by Gasteiger charge is 2.03. The van der Waals surface area contributed by atoms with E-state index in [0.29, 0.717) is 22.7 Å². The topological polar surface area (TPSA) is 64.1 Å². The van der Waals surface area contributed by atoms with Crippen LogP contribution in [0.2, 0.25) is 0 Å². The third-order valence-electron chi connectivity index (χ3n) is 2.22. The fourth-order valence-electron chi connectivity index (χ4n) is 1.40. The monoisotopic (exact) mass is 217 g/mol. The Balaban J connectivity index is 2.31. The summed E-state index contributed by atoms with van der Waals surface area (Å²) in [4.78, 5) is 0. The van der Waals surface area contributed by atoms with Crippen LogP contribution in [0.3, 0.4) is 0 Å². The molecule has 4 heteroatoms. The van der Waals surface area contributed by atoms with E-state index in [9.17, 15) is 4.39 Å². The Morgan fingerprint density at radius 1 is 0.938 bits per heavy atom. The largest absolute Gasteiger partial charge is 0.399 e. The van der Waals surface area contributed by atoms with E-state index in [4.69, 9.17) is 11.5 Å². The number of halogens is 1. The third-order valence-corrected chi connectivity index (χ3v) is 2.22. The van der Waals surface area contributed by atoms with Crippen LogP contribution in [-0.2, 0) is 0 Å². The molecule has 16 heavy (non-hydrogen) atoms. The van der Waals surface area contributed by atoms with E-state index in [2.05, 4.69) is 5.32 Å². The molecule has 5 N–H and O–H groups in total. The molecule has 0 unspecified atom stereocenters. The molecule has 0 fully saturated rings. The molecule has 82 valence electrons. The van der Waals surface area contributed by atoms with Gasteiger partial charge in [-0.3, -0.25) is 0 Å². The first-order chi connectivity index (χ1) is 7.66. The summed E-state index contributed by atoms with van der Waals surface area (Å²) in [7, 11) is 0. The molecule has 0 saturated carbocycles. The number of anilines is 4. The molecule has 0 radical (unpaired) electrons. The van der Waals surface area contributed by atoms with Crippen LogP contribution in [0.4, 0.5) is 27.1 Å². The molecular formula is C12H12FN3. The van der Waals surface area contributed by atoms with Crippen molar-refractivity contribution in [2.24, 2.45) is 0 Å². The van der Waals surface area contributed by atoms with E-state index in [1.165, 1.54) is 6.07 Å². The lowest BCUT2D eigenvalue weighted by atomic mass is 10.2. The number of hydrogen-bond acceptors (Lipinski definition) is 3. The van der Waals surface area contributed by atoms with E-state index >= 15 is 0 Å². The zero-order valence-corrected chi connectivity index (χ0v) is 8.57. The van der Waals surface area contributed by atoms with Crippen LogP contribution in [0.15, 0.2) is 42.5 Å². The zero-order chi connectivity index (χ0) is 11.5. The predicted molar refractivity (Wildman–Crippen MR) is 64.9 cm³/mol. The molecule has 0 aliphatic rings. The Hall–Kier alpha value is -2.23. The summed E-state index contributed by atoms with van der Waals surface area (Å²) < 4.78 is 13.4. The van der Waals surface area contributed by atoms with Crippen molar-refractivity contribution in [2.75, 3.05) is 16.8 Å². The van der Waals surface area contributed by atoms with Gasteiger partial charge in [-0.05, 0) is 30.3 Å². The Morgan fingerprint density at radius 2 is 1.69 bits per heavy atom. The van der Waals surface area contributed by atoms with Gasteiger partial charge in [0.2, 0.25) is 0 Å². The van der Waals surface area contributed by atoms with Crippen molar-refractivity contribution in [1.82, 2.24) is 0 Å². The normalized spacial score (nSPS) is 10.1. The molecule has 0 aromatic heterocycles. The molecule has 0 bridgehead atoms. The van der Waals surface area contributed by atoms with Crippen LogP contribution in [0.25, 0.3) is 0 Å². The van der Waals surface area contributed by atoms with Gasteiger partial charge in [0, 0.05) is 5.69 Å². The average molecular weight is 217 g/mol. The zero-order valence-electron chi connectivity index (χ0n) is 8.57. The smallest absolute Gasteiger partial charge is 0.146 e. The Kier molecular flexibility index (Phi) is 2.64. The summed E-state index contributed by atoms with van der Waals surface area (Å²) in [6.07, 6.45) is 0. The molecule has 0 aliphatic carbocycles. The number of nitrogen functional groups attached to an aromatic ring is 2. The molecule has 0 saturated heterocycles. The van der Waals surface area contributed by atoms with Crippen molar-refractivity contribution >= 4 is 22.7 Å². The van der Waals surface area contributed by atoms with Gasteiger partial charge in [-0.2, -0.15) is 0 Å². The minimum absolute atomic E-state index is 0.321. The highest BCUT2D eigenvalue weighted by atomic mass is 19.1. The number of nitrogens with two attached hydrogens (primary N) is 2. The lowest BCUT2D eigenvalue weighted by molar-refractivity contribution is 0.632. The highest BCUT2D eigenvalue weighted by molar-refractivity contribution is 5.75. The predicted octanol–water partition coefficient (Wildman–Crippen LogP) is 2.73. The molecule has 0 spiro atoms. The van der Waals surface area contributed by atoms with Gasteiger partial charge >= 0.3 is 0 Å². The van der Waals surface area contributed by atoms with Crippen LogP contribution in [0.1, 0.15) is 0 Å². The number of rotatable bonds is 2. The fraction of sp³-hybridized carbons (Fsp3) is 0. The molecule has 0 heterocycles. The summed E-state index contributed by atoms with van der Waals surface area (Å²) in [6.45, 7) is 0. The van der Waals surface area contributed by atoms with Crippen LogP contribution in [0.5, 0.6) is 0 Å². The van der Waals surface area contributed by atoms with Gasteiger partial charge in [-0.25, -0.2) is 4.39 Å². The maximum Gasteiger partial charge on any atom is 0.146 e. The number of nitrogens with one attached hydrogen (secondary N) is 1. The number of benzene rings is 2. The molecule has 0 aliphatic heterocycles. The molecule has 2 rings (SSSR count). The van der Waals surface area contributed by atoms with Crippen LogP contribution >= 0.6 is 0 Å². The van der Waals surface area contributed by atoms with Crippen molar-refractivity contribution in [3.8, 4) is 0 Å². The Labute approximate surface area is 92.9 Å². The minimum atomic E-state index is -0.321. The van der Waals surface area contributed by atoms with Crippen molar-refractivity contribution in [3.05, 3.63) is 48.3 Å². The van der Waals surface area contributed by atoms with Gasteiger partial charge in [0.25, 0.3) is 0 Å². The lowest BCUT2D eigenvalue weighted by Crippen LogP contribution is -1.99. The second-order valence-electron chi connectivity index (χ2n) is 3.45. The number of hydrogen-bond donors (Lipinski definition) is 3. The van der Waals surface area contributed by atoms with Crippen molar-refractivity contribution in [3.63, 3.8) is 0 Å². The quantitative estimate of drug-likeness (QED) is 0.678. The standard InChI is InChI=1S/C12H12FN3/c13-9-3-1-2-4-11(9)16-12-6-5-8(14)7-10(12)15/h1-7,16H,14-15H2. The summed E-state index contributed by atoms with van der Waals surface area (Å²) in [6, 6.07) is 11.5. The maximum absolute atomic E-state index is 13.4. The summed E-state index contributed by atoms with van der Waals surface area (Å²) in [5.74, 6) is -0.321.